The van der Waals surface area contributed by atoms with E-state index in [1.165, 1.54) is 5.69 Å². The Morgan fingerprint density at radius 3 is 2.60 bits per heavy atom. The normalized spacial score (nSPS) is 20.7. The molecule has 6 heteroatoms. The van der Waals surface area contributed by atoms with E-state index in [9.17, 15) is 0 Å². The van der Waals surface area contributed by atoms with E-state index in [4.69, 9.17) is 4.74 Å². The summed E-state index contributed by atoms with van der Waals surface area (Å²) in [5.74, 6) is 1.69. The second-order valence-electron chi connectivity index (χ2n) is 6.57. The van der Waals surface area contributed by atoms with Crippen molar-refractivity contribution < 1.29 is 4.74 Å². The fraction of sp³-hybridized carbons (Fsp3) is 0.474. The van der Waals surface area contributed by atoms with Crippen molar-refractivity contribution in [1.29, 1.82) is 0 Å². The lowest BCUT2D eigenvalue weighted by atomic mass is 10.2. The van der Waals surface area contributed by atoms with E-state index in [0.29, 0.717) is 6.10 Å². The molecule has 6 nitrogen and oxygen atoms in total. The molecule has 1 atom stereocenters. The minimum Gasteiger partial charge on any atom is -0.376 e. The maximum Gasteiger partial charge on any atom is 0.227 e. The zero-order chi connectivity index (χ0) is 16.9. The summed E-state index contributed by atoms with van der Waals surface area (Å²) < 4.78 is 5.65. The molecule has 1 aromatic heterocycles. The summed E-state index contributed by atoms with van der Waals surface area (Å²) in [5, 5.41) is 3.39. The Bertz CT molecular complexity index is 667. The monoisotopic (exact) mass is 339 g/mol. The average Bonchev–Trinajstić information content (AvgIpc) is 3.21. The lowest BCUT2D eigenvalue weighted by Gasteiger charge is -2.36. The van der Waals surface area contributed by atoms with Crippen molar-refractivity contribution in [3.05, 3.63) is 42.6 Å². The van der Waals surface area contributed by atoms with Gasteiger partial charge in [-0.3, -0.25) is 0 Å². The van der Waals surface area contributed by atoms with Gasteiger partial charge in [-0.05, 0) is 31.0 Å². The van der Waals surface area contributed by atoms with E-state index in [2.05, 4.69) is 55.4 Å². The first kappa shape index (κ1) is 16.1. The second-order valence-corrected chi connectivity index (χ2v) is 6.57. The minimum absolute atomic E-state index is 0.313. The van der Waals surface area contributed by atoms with Gasteiger partial charge in [-0.1, -0.05) is 18.2 Å². The summed E-state index contributed by atoms with van der Waals surface area (Å²) in [4.78, 5) is 13.8. The zero-order valence-electron chi connectivity index (χ0n) is 14.5. The van der Waals surface area contributed by atoms with Gasteiger partial charge >= 0.3 is 0 Å². The Balaban J connectivity index is 1.34. The van der Waals surface area contributed by atoms with Crippen LogP contribution >= 0.6 is 0 Å². The molecule has 1 aromatic carbocycles. The molecule has 0 saturated carbocycles. The molecule has 4 rings (SSSR count). The van der Waals surface area contributed by atoms with Crippen molar-refractivity contribution in [2.24, 2.45) is 0 Å². The quantitative estimate of drug-likeness (QED) is 0.903. The Morgan fingerprint density at radius 2 is 1.84 bits per heavy atom. The highest BCUT2D eigenvalue weighted by Crippen LogP contribution is 2.19. The molecule has 0 spiro atoms. The molecule has 2 aliphatic rings. The van der Waals surface area contributed by atoms with Gasteiger partial charge < -0.3 is 19.9 Å². The standard InChI is InChI=1S/C19H25N5O/c1-2-5-16(6-3-1)23-10-12-24(13-11-23)19-20-9-8-18(22-19)21-15-17-7-4-14-25-17/h1-3,5-6,8-9,17H,4,7,10-15H2,(H,20,21,22). The van der Waals surface area contributed by atoms with Gasteiger partial charge in [-0.15, -0.1) is 0 Å². The van der Waals surface area contributed by atoms with Crippen LogP contribution in [0.15, 0.2) is 42.6 Å². The molecule has 1 N–H and O–H groups in total. The first-order valence-corrected chi connectivity index (χ1v) is 9.12. The smallest absolute Gasteiger partial charge is 0.227 e. The van der Waals surface area contributed by atoms with E-state index in [1.54, 1.807) is 0 Å². The number of para-hydroxylation sites is 1. The van der Waals surface area contributed by atoms with Crippen LogP contribution in [-0.2, 0) is 4.74 Å². The van der Waals surface area contributed by atoms with Crippen molar-refractivity contribution in [2.45, 2.75) is 18.9 Å². The molecule has 1 unspecified atom stereocenters. The summed E-state index contributed by atoms with van der Waals surface area (Å²) in [7, 11) is 0. The number of nitrogens with zero attached hydrogens (tertiary/aromatic N) is 4. The number of hydrogen-bond donors (Lipinski definition) is 1. The highest BCUT2D eigenvalue weighted by Gasteiger charge is 2.20. The molecular weight excluding hydrogens is 314 g/mol. The van der Waals surface area contributed by atoms with E-state index >= 15 is 0 Å². The van der Waals surface area contributed by atoms with Crippen LogP contribution in [0.2, 0.25) is 0 Å². The van der Waals surface area contributed by atoms with Crippen LogP contribution in [0.4, 0.5) is 17.5 Å². The molecule has 2 fully saturated rings. The van der Waals surface area contributed by atoms with Gasteiger partial charge in [0.2, 0.25) is 5.95 Å². The summed E-state index contributed by atoms with van der Waals surface area (Å²) in [5.41, 5.74) is 1.29. The van der Waals surface area contributed by atoms with Gasteiger partial charge in [0.15, 0.2) is 0 Å². The Labute approximate surface area is 148 Å². The van der Waals surface area contributed by atoms with E-state index in [0.717, 1.165) is 63.9 Å². The number of benzene rings is 1. The molecule has 0 bridgehead atoms. The predicted octanol–water partition coefficient (Wildman–Crippen LogP) is 2.39. The summed E-state index contributed by atoms with van der Waals surface area (Å²) in [6.45, 7) is 5.54. The van der Waals surface area contributed by atoms with E-state index in [-0.39, 0.29) is 0 Å². The van der Waals surface area contributed by atoms with Crippen LogP contribution in [0.1, 0.15) is 12.8 Å². The molecular formula is C19H25N5O. The van der Waals surface area contributed by atoms with Gasteiger partial charge in [0.25, 0.3) is 0 Å². The molecule has 0 radical (unpaired) electrons. The number of nitrogens with one attached hydrogen (secondary N) is 1. The minimum atomic E-state index is 0.313. The number of rotatable bonds is 5. The highest BCUT2D eigenvalue weighted by atomic mass is 16.5. The molecule has 132 valence electrons. The fourth-order valence-corrected chi connectivity index (χ4v) is 3.43. The van der Waals surface area contributed by atoms with Crippen molar-refractivity contribution >= 4 is 17.5 Å². The third kappa shape index (κ3) is 4.02. The van der Waals surface area contributed by atoms with Gasteiger partial charge in [0, 0.05) is 51.2 Å². The molecule has 2 saturated heterocycles. The number of anilines is 3. The number of hydrogen-bond acceptors (Lipinski definition) is 6. The van der Waals surface area contributed by atoms with Crippen molar-refractivity contribution in [1.82, 2.24) is 9.97 Å². The topological polar surface area (TPSA) is 53.5 Å². The fourth-order valence-electron chi connectivity index (χ4n) is 3.43. The largest absolute Gasteiger partial charge is 0.376 e. The number of ether oxygens (including phenoxy) is 1. The predicted molar refractivity (Wildman–Crippen MR) is 100 cm³/mol. The van der Waals surface area contributed by atoms with Gasteiger partial charge in [-0.25, -0.2) is 4.98 Å². The summed E-state index contributed by atoms with van der Waals surface area (Å²) >= 11 is 0. The lowest BCUT2D eigenvalue weighted by Crippen LogP contribution is -2.47. The Kier molecular flexibility index (Phi) is 4.97. The van der Waals surface area contributed by atoms with Crippen LogP contribution in [0.5, 0.6) is 0 Å². The van der Waals surface area contributed by atoms with Crippen LogP contribution in [0.25, 0.3) is 0 Å². The molecule has 25 heavy (non-hydrogen) atoms. The third-order valence-corrected chi connectivity index (χ3v) is 4.86. The summed E-state index contributed by atoms with van der Waals surface area (Å²) in [6, 6.07) is 12.5. The number of piperazine rings is 1. The van der Waals surface area contributed by atoms with Crippen molar-refractivity contribution in [3.8, 4) is 0 Å². The van der Waals surface area contributed by atoms with Crippen LogP contribution in [0.3, 0.4) is 0 Å². The van der Waals surface area contributed by atoms with E-state index < -0.39 is 0 Å². The average molecular weight is 339 g/mol. The van der Waals surface area contributed by atoms with Crippen molar-refractivity contribution in [2.75, 3.05) is 54.4 Å². The van der Waals surface area contributed by atoms with Crippen LogP contribution in [0, 0.1) is 0 Å². The van der Waals surface area contributed by atoms with Crippen LogP contribution in [-0.4, -0.2) is 55.4 Å². The third-order valence-electron chi connectivity index (χ3n) is 4.86. The SMILES string of the molecule is c1ccc(N2CCN(c3nccc(NCC4CCCO4)n3)CC2)cc1. The molecule has 3 heterocycles. The van der Waals surface area contributed by atoms with Crippen LogP contribution < -0.4 is 15.1 Å². The van der Waals surface area contributed by atoms with Crippen molar-refractivity contribution in [3.63, 3.8) is 0 Å². The Morgan fingerprint density at radius 1 is 1.04 bits per heavy atom. The number of aromatic nitrogens is 2. The maximum atomic E-state index is 5.65. The highest BCUT2D eigenvalue weighted by molar-refractivity contribution is 5.49. The molecule has 2 aromatic rings. The Hall–Kier alpha value is -2.34. The first-order valence-electron chi connectivity index (χ1n) is 9.12. The lowest BCUT2D eigenvalue weighted by molar-refractivity contribution is 0.120. The first-order chi connectivity index (χ1) is 12.4. The van der Waals surface area contributed by atoms with E-state index in [1.807, 2.05) is 12.3 Å². The van der Waals surface area contributed by atoms with Gasteiger partial charge in [0.05, 0.1) is 6.10 Å². The molecule has 0 amide bonds. The summed E-state index contributed by atoms with van der Waals surface area (Å²) in [6.07, 6.45) is 4.44. The molecule has 0 aliphatic carbocycles. The zero-order valence-corrected chi connectivity index (χ0v) is 14.5. The van der Waals surface area contributed by atoms with Gasteiger partial charge in [0.1, 0.15) is 5.82 Å². The molecule has 2 aliphatic heterocycles. The maximum absolute atomic E-state index is 5.65. The second kappa shape index (κ2) is 7.70. The van der Waals surface area contributed by atoms with Gasteiger partial charge in [-0.2, -0.15) is 4.98 Å².